The molecule has 0 saturated heterocycles. The number of aryl methyl sites for hydroxylation is 1. The number of nitrogen functional groups attached to an aromatic ring is 1. The van der Waals surface area contributed by atoms with Gasteiger partial charge in [-0.05, 0) is 17.3 Å². The maximum Gasteiger partial charge on any atom is 0.223 e. The third-order valence-corrected chi connectivity index (χ3v) is 1.52. The van der Waals surface area contributed by atoms with Crippen LogP contribution in [0, 0.1) is 0 Å². The molecule has 6 nitrogen and oxygen atoms in total. The Bertz CT molecular complexity index is 403. The molecular weight excluding hydrogens is 168 g/mol. The molecule has 0 aliphatic carbocycles. The van der Waals surface area contributed by atoms with Gasteiger partial charge in [0.05, 0.1) is 18.9 Å². The maximum atomic E-state index is 5.49. The van der Waals surface area contributed by atoms with Crippen molar-refractivity contribution in [1.82, 2.24) is 25.2 Å². The minimum Gasteiger partial charge on any atom is -0.397 e. The van der Waals surface area contributed by atoms with Gasteiger partial charge in [0, 0.05) is 0 Å². The summed E-state index contributed by atoms with van der Waals surface area (Å²) in [4.78, 5) is 5.44. The summed E-state index contributed by atoms with van der Waals surface area (Å²) in [6.07, 6.45) is 1.56. The van der Waals surface area contributed by atoms with Gasteiger partial charge in [-0.1, -0.05) is 0 Å². The third kappa shape index (κ3) is 1.46. The number of hydrogen-bond donors (Lipinski definition) is 1. The van der Waals surface area contributed by atoms with Crippen LogP contribution in [0.2, 0.25) is 0 Å². The van der Waals surface area contributed by atoms with Crippen molar-refractivity contribution in [2.75, 3.05) is 5.73 Å². The van der Waals surface area contributed by atoms with Crippen LogP contribution in [0.4, 0.5) is 5.69 Å². The van der Waals surface area contributed by atoms with E-state index in [0.29, 0.717) is 17.2 Å². The van der Waals surface area contributed by atoms with Gasteiger partial charge in [-0.15, -0.1) is 10.2 Å². The predicted octanol–water partition coefficient (Wildman–Crippen LogP) is -0.146. The number of pyridine rings is 1. The Morgan fingerprint density at radius 2 is 2.23 bits per heavy atom. The van der Waals surface area contributed by atoms with E-state index in [1.807, 2.05) is 0 Å². The topological polar surface area (TPSA) is 82.5 Å². The summed E-state index contributed by atoms with van der Waals surface area (Å²) in [5, 5.41) is 11.5. The van der Waals surface area contributed by atoms with Gasteiger partial charge >= 0.3 is 0 Å². The number of nitrogens with zero attached hydrogens (tertiary/aromatic N) is 5. The van der Waals surface area contributed by atoms with E-state index in [9.17, 15) is 0 Å². The summed E-state index contributed by atoms with van der Waals surface area (Å²) in [7, 11) is 1.70. The molecule has 2 rings (SSSR count). The lowest BCUT2D eigenvalue weighted by Crippen LogP contribution is -1.92. The monoisotopic (exact) mass is 176 g/mol. The SMILES string of the molecule is Cn1nnc(-c2ccc(N)cn2)n1. The summed E-state index contributed by atoms with van der Waals surface area (Å²) in [6, 6.07) is 3.50. The van der Waals surface area contributed by atoms with Crippen molar-refractivity contribution < 1.29 is 0 Å². The Morgan fingerprint density at radius 3 is 2.77 bits per heavy atom. The van der Waals surface area contributed by atoms with E-state index < -0.39 is 0 Å². The number of hydrogen-bond acceptors (Lipinski definition) is 5. The number of tetrazole rings is 1. The van der Waals surface area contributed by atoms with Crippen LogP contribution in [0.25, 0.3) is 11.5 Å². The summed E-state index contributed by atoms with van der Waals surface area (Å²) < 4.78 is 0. The predicted molar refractivity (Wildman–Crippen MR) is 46.4 cm³/mol. The normalized spacial score (nSPS) is 10.2. The van der Waals surface area contributed by atoms with Crippen LogP contribution in [0.3, 0.4) is 0 Å². The fourth-order valence-corrected chi connectivity index (χ4v) is 0.924. The number of aromatic nitrogens is 5. The second-order valence-electron chi connectivity index (χ2n) is 2.58. The largest absolute Gasteiger partial charge is 0.397 e. The molecule has 0 bridgehead atoms. The quantitative estimate of drug-likeness (QED) is 0.653. The zero-order valence-electron chi connectivity index (χ0n) is 7.05. The van der Waals surface area contributed by atoms with Gasteiger partial charge in [0.25, 0.3) is 0 Å². The molecule has 2 N–H and O–H groups in total. The highest BCUT2D eigenvalue weighted by atomic mass is 15.6. The molecule has 6 heteroatoms. The first-order chi connectivity index (χ1) is 6.25. The van der Waals surface area contributed by atoms with E-state index in [-0.39, 0.29) is 0 Å². The van der Waals surface area contributed by atoms with Crippen LogP contribution in [-0.2, 0) is 7.05 Å². The van der Waals surface area contributed by atoms with Crippen LogP contribution in [0.1, 0.15) is 0 Å². The van der Waals surface area contributed by atoms with E-state index in [1.165, 1.54) is 4.80 Å². The van der Waals surface area contributed by atoms with E-state index >= 15 is 0 Å². The highest BCUT2D eigenvalue weighted by Crippen LogP contribution is 2.10. The second kappa shape index (κ2) is 2.81. The van der Waals surface area contributed by atoms with Gasteiger partial charge in [0.2, 0.25) is 5.82 Å². The summed E-state index contributed by atoms with van der Waals surface area (Å²) in [6.45, 7) is 0. The molecule has 0 aliphatic heterocycles. The molecule has 2 aromatic rings. The van der Waals surface area contributed by atoms with Gasteiger partial charge in [-0.25, -0.2) is 0 Å². The van der Waals surface area contributed by atoms with E-state index in [1.54, 1.807) is 25.4 Å². The van der Waals surface area contributed by atoms with E-state index in [2.05, 4.69) is 20.4 Å². The Balaban J connectivity index is 2.41. The lowest BCUT2D eigenvalue weighted by molar-refractivity contribution is 0.630. The number of nitrogens with two attached hydrogens (primary N) is 1. The van der Waals surface area contributed by atoms with Crippen molar-refractivity contribution in [2.24, 2.45) is 7.05 Å². The van der Waals surface area contributed by atoms with Crippen molar-refractivity contribution in [2.45, 2.75) is 0 Å². The van der Waals surface area contributed by atoms with Gasteiger partial charge < -0.3 is 5.73 Å². The van der Waals surface area contributed by atoms with Crippen LogP contribution < -0.4 is 5.73 Å². The zero-order chi connectivity index (χ0) is 9.26. The Hall–Kier alpha value is -1.98. The fraction of sp³-hybridized carbons (Fsp3) is 0.143. The maximum absolute atomic E-state index is 5.49. The second-order valence-corrected chi connectivity index (χ2v) is 2.58. The molecule has 2 heterocycles. The molecule has 0 aliphatic rings. The lowest BCUT2D eigenvalue weighted by Gasteiger charge is -1.93. The van der Waals surface area contributed by atoms with Crippen LogP contribution >= 0.6 is 0 Å². The van der Waals surface area contributed by atoms with Crippen molar-refractivity contribution >= 4 is 5.69 Å². The number of anilines is 1. The van der Waals surface area contributed by atoms with Gasteiger partial charge in [0.15, 0.2) is 0 Å². The minimum atomic E-state index is 0.502. The van der Waals surface area contributed by atoms with E-state index in [0.717, 1.165) is 0 Å². The highest BCUT2D eigenvalue weighted by molar-refractivity contribution is 5.50. The van der Waals surface area contributed by atoms with Crippen LogP contribution in [0.5, 0.6) is 0 Å². The molecule has 0 unspecified atom stereocenters. The Morgan fingerprint density at radius 1 is 1.38 bits per heavy atom. The van der Waals surface area contributed by atoms with Crippen molar-refractivity contribution in [3.05, 3.63) is 18.3 Å². The molecule has 2 aromatic heterocycles. The van der Waals surface area contributed by atoms with Gasteiger partial charge in [-0.3, -0.25) is 4.98 Å². The highest BCUT2D eigenvalue weighted by Gasteiger charge is 2.04. The molecule has 0 amide bonds. The average Bonchev–Trinajstić information content (AvgIpc) is 2.53. The first kappa shape index (κ1) is 7.66. The molecule has 0 fully saturated rings. The van der Waals surface area contributed by atoms with Crippen LogP contribution in [-0.4, -0.2) is 25.2 Å². The molecule has 66 valence electrons. The summed E-state index contributed by atoms with van der Waals surface area (Å²) >= 11 is 0. The minimum absolute atomic E-state index is 0.502. The Labute approximate surface area is 74.4 Å². The smallest absolute Gasteiger partial charge is 0.223 e. The van der Waals surface area contributed by atoms with Gasteiger partial charge in [-0.2, -0.15) is 4.80 Å². The molecule has 13 heavy (non-hydrogen) atoms. The number of rotatable bonds is 1. The lowest BCUT2D eigenvalue weighted by atomic mass is 10.3. The molecule has 0 spiro atoms. The average molecular weight is 176 g/mol. The van der Waals surface area contributed by atoms with Crippen molar-refractivity contribution in [3.8, 4) is 11.5 Å². The van der Waals surface area contributed by atoms with Crippen molar-refractivity contribution in [3.63, 3.8) is 0 Å². The van der Waals surface area contributed by atoms with Crippen LogP contribution in [0.15, 0.2) is 18.3 Å². The molecule has 0 saturated carbocycles. The standard InChI is InChI=1S/C7H8N6/c1-13-11-7(10-12-13)6-3-2-5(8)4-9-6/h2-4H,8H2,1H3. The molecular formula is C7H8N6. The first-order valence-corrected chi connectivity index (χ1v) is 3.71. The van der Waals surface area contributed by atoms with Gasteiger partial charge in [0.1, 0.15) is 5.69 Å². The molecule has 0 aromatic carbocycles. The zero-order valence-corrected chi connectivity index (χ0v) is 7.05. The fourth-order valence-electron chi connectivity index (χ4n) is 0.924. The Kier molecular flexibility index (Phi) is 1.66. The third-order valence-electron chi connectivity index (χ3n) is 1.52. The summed E-state index contributed by atoms with van der Waals surface area (Å²) in [5.74, 6) is 0.502. The summed E-state index contributed by atoms with van der Waals surface area (Å²) in [5.41, 5.74) is 6.77. The van der Waals surface area contributed by atoms with Crippen molar-refractivity contribution in [1.29, 1.82) is 0 Å². The van der Waals surface area contributed by atoms with E-state index in [4.69, 9.17) is 5.73 Å². The first-order valence-electron chi connectivity index (χ1n) is 3.71. The molecule has 0 atom stereocenters. The molecule has 0 radical (unpaired) electrons.